The monoisotopic (exact) mass is 473 g/mol. The predicted molar refractivity (Wildman–Crippen MR) is 115 cm³/mol. The number of benzene rings is 1. The van der Waals surface area contributed by atoms with Gasteiger partial charge >= 0.3 is 6.18 Å². The Bertz CT molecular complexity index is 1250. The molecule has 4 heterocycles. The van der Waals surface area contributed by atoms with Crippen molar-refractivity contribution >= 4 is 17.2 Å². The number of alkyl halides is 3. The number of aromatic nitrogens is 4. The van der Waals surface area contributed by atoms with Gasteiger partial charge in [0.2, 0.25) is 11.8 Å². The molecule has 170 valence electrons. The molecule has 0 bridgehead atoms. The topological polar surface area (TPSA) is 87.9 Å². The maximum absolute atomic E-state index is 13.0. The molecule has 1 unspecified atom stereocenters. The van der Waals surface area contributed by atoms with Crippen molar-refractivity contribution in [2.24, 2.45) is 0 Å². The second kappa shape index (κ2) is 8.47. The van der Waals surface area contributed by atoms with Crippen LogP contribution >= 0.6 is 11.3 Å². The van der Waals surface area contributed by atoms with Crippen molar-refractivity contribution in [1.29, 1.82) is 0 Å². The summed E-state index contributed by atoms with van der Waals surface area (Å²) >= 11 is 1.56. The number of aromatic amines is 1. The third kappa shape index (κ3) is 4.40. The summed E-state index contributed by atoms with van der Waals surface area (Å²) in [7, 11) is 0. The van der Waals surface area contributed by atoms with Gasteiger partial charge in [0.25, 0.3) is 5.91 Å². The van der Waals surface area contributed by atoms with Gasteiger partial charge in [-0.25, -0.2) is 0 Å². The Balaban J connectivity index is 1.28. The van der Waals surface area contributed by atoms with Gasteiger partial charge in [0.15, 0.2) is 5.69 Å². The van der Waals surface area contributed by atoms with Crippen molar-refractivity contribution in [3.63, 3.8) is 0 Å². The summed E-state index contributed by atoms with van der Waals surface area (Å²) < 4.78 is 44.1. The van der Waals surface area contributed by atoms with E-state index in [1.165, 1.54) is 12.1 Å². The van der Waals surface area contributed by atoms with E-state index in [1.54, 1.807) is 22.3 Å². The molecule has 1 atom stereocenters. The molecule has 3 aromatic heterocycles. The van der Waals surface area contributed by atoms with Crippen molar-refractivity contribution in [1.82, 2.24) is 25.3 Å². The summed E-state index contributed by atoms with van der Waals surface area (Å²) in [4.78, 5) is 15.7. The lowest BCUT2D eigenvalue weighted by Crippen LogP contribution is -2.39. The number of halogens is 3. The standard InChI is InChI=1S/C22H18F3N5O2S/c23-22(24,25)15-7-5-13(6-8-15)19-28-29-20(32-19)14-3-1-9-30(12-14)21(31)17-11-16(26-27-17)18-4-2-10-33-18/h2,4-8,10-11,14H,1,3,9,12H2,(H,26,27). The Morgan fingerprint density at radius 1 is 1.18 bits per heavy atom. The minimum Gasteiger partial charge on any atom is -0.420 e. The molecule has 0 saturated carbocycles. The van der Waals surface area contributed by atoms with Gasteiger partial charge in [-0.2, -0.15) is 18.3 Å². The molecule has 11 heteroatoms. The molecule has 0 radical (unpaired) electrons. The normalized spacial score (nSPS) is 16.8. The van der Waals surface area contributed by atoms with Crippen LogP contribution in [0.25, 0.3) is 22.0 Å². The van der Waals surface area contributed by atoms with Gasteiger partial charge in [-0.3, -0.25) is 9.89 Å². The van der Waals surface area contributed by atoms with Crippen LogP contribution in [0.15, 0.2) is 52.3 Å². The van der Waals surface area contributed by atoms with E-state index >= 15 is 0 Å². The summed E-state index contributed by atoms with van der Waals surface area (Å²) in [5.74, 6) is 0.175. The Kier molecular flexibility index (Phi) is 5.49. The van der Waals surface area contributed by atoms with Crippen molar-refractivity contribution in [2.45, 2.75) is 24.9 Å². The number of carbonyl (C=O) groups is 1. The molecule has 0 aliphatic carbocycles. The van der Waals surface area contributed by atoms with E-state index < -0.39 is 11.7 Å². The van der Waals surface area contributed by atoms with Crippen molar-refractivity contribution in [3.8, 4) is 22.0 Å². The lowest BCUT2D eigenvalue weighted by Gasteiger charge is -2.30. The average molecular weight is 473 g/mol. The first-order chi connectivity index (χ1) is 15.9. The maximum atomic E-state index is 13.0. The van der Waals surface area contributed by atoms with E-state index in [1.807, 2.05) is 17.5 Å². The number of H-pyrrole nitrogens is 1. The molecule has 1 aliphatic heterocycles. The zero-order valence-corrected chi connectivity index (χ0v) is 18.0. The quantitative estimate of drug-likeness (QED) is 0.439. The summed E-state index contributed by atoms with van der Waals surface area (Å²) in [5, 5.41) is 17.1. The predicted octanol–water partition coefficient (Wildman–Crippen LogP) is 5.23. The highest BCUT2D eigenvalue weighted by molar-refractivity contribution is 7.13. The third-order valence-electron chi connectivity index (χ3n) is 5.54. The van der Waals surface area contributed by atoms with Crippen LogP contribution < -0.4 is 0 Å². The van der Waals surface area contributed by atoms with Crippen LogP contribution in [0.5, 0.6) is 0 Å². The molecule has 1 N–H and O–H groups in total. The van der Waals surface area contributed by atoms with E-state index in [-0.39, 0.29) is 17.7 Å². The molecule has 1 aromatic carbocycles. The Labute approximate surface area is 190 Å². The number of piperidine rings is 1. The van der Waals surface area contributed by atoms with Crippen molar-refractivity contribution in [3.05, 3.63) is 65.0 Å². The van der Waals surface area contributed by atoms with Crippen LogP contribution in [0.3, 0.4) is 0 Å². The van der Waals surface area contributed by atoms with Crippen molar-refractivity contribution < 1.29 is 22.4 Å². The molecule has 1 aliphatic rings. The van der Waals surface area contributed by atoms with Crippen LogP contribution in [-0.2, 0) is 6.18 Å². The van der Waals surface area contributed by atoms with Gasteiger partial charge in [0.05, 0.1) is 22.1 Å². The van der Waals surface area contributed by atoms with Gasteiger partial charge < -0.3 is 9.32 Å². The zero-order chi connectivity index (χ0) is 23.0. The molecule has 5 rings (SSSR count). The van der Waals surface area contributed by atoms with E-state index in [0.717, 1.165) is 35.5 Å². The average Bonchev–Trinajstić information content (AvgIpc) is 3.59. The van der Waals surface area contributed by atoms with Crippen LogP contribution in [0.4, 0.5) is 13.2 Å². The first-order valence-electron chi connectivity index (χ1n) is 10.3. The maximum Gasteiger partial charge on any atom is 0.416 e. The lowest BCUT2D eigenvalue weighted by atomic mass is 9.98. The summed E-state index contributed by atoms with van der Waals surface area (Å²) in [6.45, 7) is 0.991. The van der Waals surface area contributed by atoms with Gasteiger partial charge in [-0.1, -0.05) is 6.07 Å². The van der Waals surface area contributed by atoms with E-state index in [2.05, 4.69) is 20.4 Å². The molecule has 7 nitrogen and oxygen atoms in total. The molecule has 0 spiro atoms. The number of likely N-dealkylation sites (tertiary alicyclic amines) is 1. The number of rotatable bonds is 4. The van der Waals surface area contributed by atoms with Gasteiger partial charge in [-0.15, -0.1) is 21.5 Å². The van der Waals surface area contributed by atoms with E-state index in [9.17, 15) is 18.0 Å². The fourth-order valence-corrected chi connectivity index (χ4v) is 4.52. The number of carbonyl (C=O) groups excluding carboxylic acids is 1. The second-order valence-electron chi connectivity index (χ2n) is 7.76. The highest BCUT2D eigenvalue weighted by Crippen LogP contribution is 2.32. The second-order valence-corrected chi connectivity index (χ2v) is 8.70. The highest BCUT2D eigenvalue weighted by Gasteiger charge is 2.31. The van der Waals surface area contributed by atoms with E-state index in [0.29, 0.717) is 30.2 Å². The molecule has 33 heavy (non-hydrogen) atoms. The number of nitrogens with one attached hydrogen (secondary N) is 1. The molecule has 1 amide bonds. The zero-order valence-electron chi connectivity index (χ0n) is 17.2. The van der Waals surface area contributed by atoms with Gasteiger partial charge in [0, 0.05) is 18.7 Å². The smallest absolute Gasteiger partial charge is 0.416 e. The molecular weight excluding hydrogens is 455 g/mol. The summed E-state index contributed by atoms with van der Waals surface area (Å²) in [5.41, 5.74) is 0.797. The lowest BCUT2D eigenvalue weighted by molar-refractivity contribution is -0.137. The Morgan fingerprint density at radius 3 is 2.73 bits per heavy atom. The van der Waals surface area contributed by atoms with Crippen molar-refractivity contribution in [2.75, 3.05) is 13.1 Å². The molecular formula is C22H18F3N5O2S. The van der Waals surface area contributed by atoms with Crippen LogP contribution in [0.1, 0.15) is 40.7 Å². The SMILES string of the molecule is O=C(c1cc(-c2cccs2)[nH]n1)N1CCCC(c2nnc(-c3ccc(C(F)(F)F)cc3)o2)C1. The fourth-order valence-electron chi connectivity index (χ4n) is 3.83. The summed E-state index contributed by atoms with van der Waals surface area (Å²) in [6.07, 6.45) is -2.88. The highest BCUT2D eigenvalue weighted by atomic mass is 32.1. The number of hydrogen-bond donors (Lipinski definition) is 1. The minimum absolute atomic E-state index is 0.148. The number of nitrogens with zero attached hydrogens (tertiary/aromatic N) is 4. The largest absolute Gasteiger partial charge is 0.420 e. The Hall–Kier alpha value is -3.47. The Morgan fingerprint density at radius 2 is 2.00 bits per heavy atom. The molecule has 1 saturated heterocycles. The number of thiophene rings is 1. The number of amides is 1. The van der Waals surface area contributed by atoms with Crippen LogP contribution in [0.2, 0.25) is 0 Å². The minimum atomic E-state index is -4.41. The van der Waals surface area contributed by atoms with Crippen LogP contribution in [0, 0.1) is 0 Å². The fraction of sp³-hybridized carbons (Fsp3) is 0.273. The van der Waals surface area contributed by atoms with Gasteiger partial charge in [0.1, 0.15) is 0 Å². The first-order valence-corrected chi connectivity index (χ1v) is 11.2. The van der Waals surface area contributed by atoms with Crippen LogP contribution in [-0.4, -0.2) is 44.3 Å². The van der Waals surface area contributed by atoms with E-state index in [4.69, 9.17) is 4.42 Å². The first kappa shape index (κ1) is 21.4. The third-order valence-corrected chi connectivity index (χ3v) is 6.44. The number of hydrogen-bond acceptors (Lipinski definition) is 6. The van der Waals surface area contributed by atoms with Gasteiger partial charge in [-0.05, 0) is 54.6 Å². The molecule has 4 aromatic rings. The molecule has 1 fully saturated rings. The summed E-state index contributed by atoms with van der Waals surface area (Å²) in [6, 6.07) is 10.2.